The van der Waals surface area contributed by atoms with Crippen LogP contribution in [0.25, 0.3) is 5.82 Å². The molecule has 2 fully saturated rings. The number of carbonyl (C=O) groups excluding carboxylic acids is 1. The van der Waals surface area contributed by atoms with Gasteiger partial charge < -0.3 is 10.2 Å². The fourth-order valence-electron chi connectivity index (χ4n) is 4.15. The summed E-state index contributed by atoms with van der Waals surface area (Å²) in [5, 5.41) is 7.92. The molecule has 1 N–H and O–H groups in total. The van der Waals surface area contributed by atoms with E-state index in [-0.39, 0.29) is 30.7 Å². The van der Waals surface area contributed by atoms with E-state index in [1.165, 1.54) is 6.42 Å². The second kappa shape index (κ2) is 9.04. The Balaban J connectivity index is 0.00000131. The Labute approximate surface area is 172 Å². The maximum absolute atomic E-state index is 13.1. The summed E-state index contributed by atoms with van der Waals surface area (Å²) < 4.78 is 1.79. The van der Waals surface area contributed by atoms with Crippen molar-refractivity contribution in [2.24, 2.45) is 5.41 Å². The van der Waals surface area contributed by atoms with E-state index in [1.807, 2.05) is 23.1 Å². The molecule has 0 saturated carbocycles. The van der Waals surface area contributed by atoms with Crippen molar-refractivity contribution in [1.29, 1.82) is 0 Å². The van der Waals surface area contributed by atoms with E-state index in [0.717, 1.165) is 57.0 Å². The molecule has 0 bridgehead atoms. The minimum absolute atomic E-state index is 0. The molecule has 0 atom stereocenters. The Morgan fingerprint density at radius 2 is 2.00 bits per heavy atom. The molecule has 2 aliphatic heterocycles. The number of nitrogens with zero attached hydrogens (tertiary/aromatic N) is 4. The van der Waals surface area contributed by atoms with Crippen LogP contribution in [0.1, 0.15) is 42.2 Å². The van der Waals surface area contributed by atoms with Crippen molar-refractivity contribution in [3.63, 3.8) is 0 Å². The maximum atomic E-state index is 13.1. The number of carbonyl (C=O) groups is 1. The van der Waals surface area contributed by atoms with Crippen molar-refractivity contribution in [3.8, 4) is 5.82 Å². The minimum atomic E-state index is 0. The first kappa shape index (κ1) is 21.7. The van der Waals surface area contributed by atoms with E-state index in [1.54, 1.807) is 17.1 Å². The Bertz CT molecular complexity index is 749. The zero-order chi connectivity index (χ0) is 17.3. The molecule has 2 saturated heterocycles. The van der Waals surface area contributed by atoms with Crippen molar-refractivity contribution in [1.82, 2.24) is 25.0 Å². The van der Waals surface area contributed by atoms with Crippen molar-refractivity contribution in [3.05, 3.63) is 41.9 Å². The lowest BCUT2D eigenvalue weighted by Gasteiger charge is -2.38. The average Bonchev–Trinajstić information content (AvgIpc) is 3.29. The van der Waals surface area contributed by atoms with Crippen LogP contribution in [0.2, 0.25) is 0 Å². The van der Waals surface area contributed by atoms with Crippen molar-refractivity contribution in [2.75, 3.05) is 26.2 Å². The third-order valence-electron chi connectivity index (χ3n) is 5.74. The molecule has 2 aromatic heterocycles. The summed E-state index contributed by atoms with van der Waals surface area (Å²) in [6.45, 7) is 5.97. The van der Waals surface area contributed by atoms with Gasteiger partial charge >= 0.3 is 0 Å². The average molecular weight is 412 g/mol. The Hall–Kier alpha value is -1.63. The largest absolute Gasteiger partial charge is 0.338 e. The number of halogens is 2. The summed E-state index contributed by atoms with van der Waals surface area (Å²) in [4.78, 5) is 19.4. The molecule has 27 heavy (non-hydrogen) atoms. The van der Waals surface area contributed by atoms with Crippen molar-refractivity contribution >= 4 is 30.7 Å². The van der Waals surface area contributed by atoms with Gasteiger partial charge in [0.05, 0.1) is 17.5 Å². The summed E-state index contributed by atoms with van der Waals surface area (Å²) in [5.74, 6) is 0.868. The number of aromatic nitrogens is 3. The molecule has 148 valence electrons. The van der Waals surface area contributed by atoms with Crippen LogP contribution in [-0.4, -0.2) is 51.8 Å². The SMILES string of the molecule is CCc1c(C(=O)N2CCC3(CCNC3)CC2)cnn1-c1ccccn1.Cl.Cl. The number of likely N-dealkylation sites (tertiary alicyclic amines) is 1. The molecule has 1 spiro atoms. The third kappa shape index (κ3) is 4.13. The molecule has 0 aromatic carbocycles. The summed E-state index contributed by atoms with van der Waals surface area (Å²) in [6, 6.07) is 5.73. The summed E-state index contributed by atoms with van der Waals surface area (Å²) >= 11 is 0. The topological polar surface area (TPSA) is 63.1 Å². The van der Waals surface area contributed by atoms with Gasteiger partial charge in [-0.3, -0.25) is 4.79 Å². The third-order valence-corrected chi connectivity index (χ3v) is 5.74. The highest BCUT2D eigenvalue weighted by Gasteiger charge is 2.38. The number of amides is 1. The highest BCUT2D eigenvalue weighted by molar-refractivity contribution is 5.95. The van der Waals surface area contributed by atoms with Gasteiger partial charge in [-0.15, -0.1) is 24.8 Å². The Morgan fingerprint density at radius 3 is 2.59 bits per heavy atom. The van der Waals surface area contributed by atoms with E-state index in [0.29, 0.717) is 11.0 Å². The normalized spacial score (nSPS) is 18.0. The van der Waals surface area contributed by atoms with Crippen LogP contribution in [0, 0.1) is 5.41 Å². The first-order chi connectivity index (χ1) is 12.2. The van der Waals surface area contributed by atoms with Gasteiger partial charge in [0.2, 0.25) is 0 Å². The number of rotatable bonds is 3. The Kier molecular flexibility index (Phi) is 7.25. The molecule has 8 heteroatoms. The van der Waals surface area contributed by atoms with Gasteiger partial charge in [0.1, 0.15) is 0 Å². The number of nitrogens with one attached hydrogen (secondary N) is 1. The zero-order valence-corrected chi connectivity index (χ0v) is 17.2. The lowest BCUT2D eigenvalue weighted by molar-refractivity contribution is 0.0606. The van der Waals surface area contributed by atoms with Crippen LogP contribution in [0.3, 0.4) is 0 Å². The summed E-state index contributed by atoms with van der Waals surface area (Å²) in [6.07, 6.45) is 7.64. The van der Waals surface area contributed by atoms with Gasteiger partial charge in [-0.25, -0.2) is 9.67 Å². The molecule has 6 nitrogen and oxygen atoms in total. The molecule has 2 aliphatic rings. The number of hydrogen-bond acceptors (Lipinski definition) is 4. The second-order valence-electron chi connectivity index (χ2n) is 7.18. The van der Waals surface area contributed by atoms with E-state index in [9.17, 15) is 4.79 Å². The van der Waals surface area contributed by atoms with Gasteiger partial charge in [0.15, 0.2) is 5.82 Å². The van der Waals surface area contributed by atoms with E-state index in [2.05, 4.69) is 22.3 Å². The number of hydrogen-bond donors (Lipinski definition) is 1. The molecular formula is C19H27Cl2N5O. The van der Waals surface area contributed by atoms with Crippen molar-refractivity contribution < 1.29 is 4.79 Å². The molecule has 0 radical (unpaired) electrons. The number of piperidine rings is 1. The lowest BCUT2D eigenvalue weighted by Crippen LogP contribution is -2.44. The smallest absolute Gasteiger partial charge is 0.257 e. The molecule has 4 rings (SSSR count). The van der Waals surface area contributed by atoms with Gasteiger partial charge in [0.25, 0.3) is 5.91 Å². The highest BCUT2D eigenvalue weighted by Crippen LogP contribution is 2.37. The monoisotopic (exact) mass is 411 g/mol. The maximum Gasteiger partial charge on any atom is 0.257 e. The number of pyridine rings is 1. The molecule has 4 heterocycles. The van der Waals surface area contributed by atoms with Crippen LogP contribution in [0.15, 0.2) is 30.6 Å². The fraction of sp³-hybridized carbons (Fsp3) is 0.526. The summed E-state index contributed by atoms with van der Waals surface area (Å²) in [5.41, 5.74) is 2.07. The van der Waals surface area contributed by atoms with Gasteiger partial charge in [-0.2, -0.15) is 5.10 Å². The predicted molar refractivity (Wildman–Crippen MR) is 110 cm³/mol. The standard InChI is InChI=1S/C19H25N5O.2ClH/c1-2-16-15(13-22-24(16)17-5-3-4-9-21-17)18(25)23-11-7-19(8-12-23)6-10-20-14-19;;/h3-5,9,13,20H,2,6-8,10-12,14H2,1H3;2*1H. The molecule has 0 aliphatic carbocycles. The first-order valence-electron chi connectivity index (χ1n) is 9.21. The van der Waals surface area contributed by atoms with E-state index >= 15 is 0 Å². The first-order valence-corrected chi connectivity index (χ1v) is 9.21. The molecule has 1 amide bonds. The van der Waals surface area contributed by atoms with E-state index in [4.69, 9.17) is 0 Å². The fourth-order valence-corrected chi connectivity index (χ4v) is 4.15. The molecule has 0 unspecified atom stereocenters. The van der Waals surface area contributed by atoms with E-state index < -0.39 is 0 Å². The summed E-state index contributed by atoms with van der Waals surface area (Å²) in [7, 11) is 0. The van der Waals surface area contributed by atoms with Crippen LogP contribution in [0.5, 0.6) is 0 Å². The lowest BCUT2D eigenvalue weighted by atomic mass is 9.78. The van der Waals surface area contributed by atoms with Crippen LogP contribution >= 0.6 is 24.8 Å². The van der Waals surface area contributed by atoms with Gasteiger partial charge in [0, 0.05) is 25.8 Å². The van der Waals surface area contributed by atoms with Crippen molar-refractivity contribution in [2.45, 2.75) is 32.6 Å². The molecular weight excluding hydrogens is 385 g/mol. The minimum Gasteiger partial charge on any atom is -0.338 e. The Morgan fingerprint density at radius 1 is 1.22 bits per heavy atom. The van der Waals surface area contributed by atoms with Crippen LogP contribution in [-0.2, 0) is 6.42 Å². The van der Waals surface area contributed by atoms with Crippen LogP contribution in [0.4, 0.5) is 0 Å². The second-order valence-corrected chi connectivity index (χ2v) is 7.18. The van der Waals surface area contributed by atoms with Gasteiger partial charge in [-0.1, -0.05) is 13.0 Å². The van der Waals surface area contributed by atoms with Gasteiger partial charge in [-0.05, 0) is 49.8 Å². The van der Waals surface area contributed by atoms with Crippen LogP contribution < -0.4 is 5.32 Å². The highest BCUT2D eigenvalue weighted by atomic mass is 35.5. The molecule has 2 aromatic rings. The predicted octanol–water partition coefficient (Wildman–Crippen LogP) is 2.89. The quantitative estimate of drug-likeness (QED) is 0.842. The zero-order valence-electron chi connectivity index (χ0n) is 15.6.